The second-order valence-electron chi connectivity index (χ2n) is 4.20. The minimum atomic E-state index is -0.395. The average molecular weight is 276 g/mol. The largest absolute Gasteiger partial charge is 0.497 e. The highest BCUT2D eigenvalue weighted by Crippen LogP contribution is 2.18. The number of urea groups is 1. The standard InChI is InChI=1S/C12H16N6O2/c1-8(9-5-4-6-10(7-9)20-3)13-12(19)14-11-15-17-18(2)16-11/h4-8H,1-3H3,(H2,13,14,16,19). The van der Waals surface area contributed by atoms with Gasteiger partial charge in [-0.15, -0.1) is 5.10 Å². The van der Waals surface area contributed by atoms with Crippen LogP contribution in [0.5, 0.6) is 5.75 Å². The molecule has 1 atom stereocenters. The minimum absolute atomic E-state index is 0.155. The summed E-state index contributed by atoms with van der Waals surface area (Å²) in [4.78, 5) is 13.1. The lowest BCUT2D eigenvalue weighted by molar-refractivity contribution is 0.249. The second-order valence-corrected chi connectivity index (χ2v) is 4.20. The van der Waals surface area contributed by atoms with E-state index in [2.05, 4.69) is 26.0 Å². The van der Waals surface area contributed by atoms with Crippen LogP contribution < -0.4 is 15.4 Å². The predicted octanol–water partition coefficient (Wildman–Crippen LogP) is 1.10. The Labute approximate surface area is 116 Å². The van der Waals surface area contributed by atoms with Crippen LogP contribution in [0.2, 0.25) is 0 Å². The SMILES string of the molecule is COc1cccc(C(C)NC(=O)Nc2nnn(C)n2)c1. The van der Waals surface area contributed by atoms with Crippen LogP contribution in [0.4, 0.5) is 10.7 Å². The fourth-order valence-electron chi connectivity index (χ4n) is 1.66. The van der Waals surface area contributed by atoms with E-state index in [-0.39, 0.29) is 12.0 Å². The smallest absolute Gasteiger partial charge is 0.322 e. The van der Waals surface area contributed by atoms with Gasteiger partial charge in [-0.1, -0.05) is 17.2 Å². The maximum atomic E-state index is 11.8. The van der Waals surface area contributed by atoms with E-state index in [0.29, 0.717) is 0 Å². The molecule has 0 radical (unpaired) electrons. The topological polar surface area (TPSA) is 94.0 Å². The lowest BCUT2D eigenvalue weighted by Crippen LogP contribution is -2.31. The molecule has 2 N–H and O–H groups in total. The molecule has 0 aliphatic heterocycles. The minimum Gasteiger partial charge on any atom is -0.497 e. The molecule has 0 spiro atoms. The highest BCUT2D eigenvalue weighted by atomic mass is 16.5. The van der Waals surface area contributed by atoms with E-state index in [0.717, 1.165) is 11.3 Å². The van der Waals surface area contributed by atoms with Gasteiger partial charge in [0.25, 0.3) is 5.95 Å². The van der Waals surface area contributed by atoms with Gasteiger partial charge in [-0.3, -0.25) is 5.32 Å². The van der Waals surface area contributed by atoms with Gasteiger partial charge in [0.1, 0.15) is 5.75 Å². The van der Waals surface area contributed by atoms with Gasteiger partial charge in [-0.05, 0) is 29.8 Å². The number of rotatable bonds is 4. The Bertz CT molecular complexity index is 597. The van der Waals surface area contributed by atoms with E-state index in [1.165, 1.54) is 4.80 Å². The highest BCUT2D eigenvalue weighted by molar-refractivity contribution is 5.87. The summed E-state index contributed by atoms with van der Waals surface area (Å²) in [5.41, 5.74) is 0.937. The number of tetrazole rings is 1. The van der Waals surface area contributed by atoms with Gasteiger partial charge in [-0.2, -0.15) is 4.80 Å². The van der Waals surface area contributed by atoms with Crippen LogP contribution in [0, 0.1) is 0 Å². The van der Waals surface area contributed by atoms with Crippen LogP contribution in [0.25, 0.3) is 0 Å². The Balaban J connectivity index is 1.96. The third-order valence-corrected chi connectivity index (χ3v) is 2.68. The molecule has 2 rings (SSSR count). The van der Waals surface area contributed by atoms with Crippen LogP contribution in [-0.2, 0) is 7.05 Å². The van der Waals surface area contributed by atoms with Gasteiger partial charge in [0.2, 0.25) is 0 Å². The van der Waals surface area contributed by atoms with Crippen LogP contribution >= 0.6 is 0 Å². The quantitative estimate of drug-likeness (QED) is 0.872. The van der Waals surface area contributed by atoms with Crippen molar-refractivity contribution in [3.8, 4) is 5.75 Å². The van der Waals surface area contributed by atoms with Crippen molar-refractivity contribution < 1.29 is 9.53 Å². The Morgan fingerprint density at radius 2 is 2.25 bits per heavy atom. The normalized spacial score (nSPS) is 11.8. The van der Waals surface area contributed by atoms with Crippen molar-refractivity contribution in [2.75, 3.05) is 12.4 Å². The molecular weight excluding hydrogens is 260 g/mol. The van der Waals surface area contributed by atoms with Crippen molar-refractivity contribution in [1.82, 2.24) is 25.5 Å². The number of methoxy groups -OCH3 is 1. The first kappa shape index (κ1) is 13.8. The maximum absolute atomic E-state index is 11.8. The molecule has 106 valence electrons. The van der Waals surface area contributed by atoms with Crippen molar-refractivity contribution in [2.24, 2.45) is 7.05 Å². The van der Waals surface area contributed by atoms with Gasteiger partial charge in [-0.25, -0.2) is 4.79 Å². The van der Waals surface area contributed by atoms with E-state index < -0.39 is 6.03 Å². The molecule has 2 aromatic rings. The molecule has 8 nitrogen and oxygen atoms in total. The van der Waals surface area contributed by atoms with Crippen molar-refractivity contribution >= 4 is 12.0 Å². The van der Waals surface area contributed by atoms with E-state index >= 15 is 0 Å². The van der Waals surface area contributed by atoms with Crippen molar-refractivity contribution in [3.05, 3.63) is 29.8 Å². The Kier molecular flexibility index (Phi) is 4.14. The first-order valence-electron chi connectivity index (χ1n) is 6.04. The fraction of sp³-hybridized carbons (Fsp3) is 0.333. The zero-order chi connectivity index (χ0) is 14.5. The third-order valence-electron chi connectivity index (χ3n) is 2.68. The molecule has 1 unspecified atom stereocenters. The molecule has 2 amide bonds. The number of carbonyl (C=O) groups excluding carboxylic acids is 1. The second kappa shape index (κ2) is 6.00. The highest BCUT2D eigenvalue weighted by Gasteiger charge is 2.12. The average Bonchev–Trinajstić information content (AvgIpc) is 2.83. The molecule has 0 aliphatic rings. The number of hydrogen-bond donors (Lipinski definition) is 2. The molecule has 1 aromatic carbocycles. The lowest BCUT2D eigenvalue weighted by atomic mass is 10.1. The van der Waals surface area contributed by atoms with Crippen molar-refractivity contribution in [2.45, 2.75) is 13.0 Å². The number of benzene rings is 1. The molecule has 0 bridgehead atoms. The molecule has 0 aliphatic carbocycles. The van der Waals surface area contributed by atoms with E-state index in [1.807, 2.05) is 31.2 Å². The molecule has 1 aromatic heterocycles. The van der Waals surface area contributed by atoms with Crippen molar-refractivity contribution in [3.63, 3.8) is 0 Å². The van der Waals surface area contributed by atoms with E-state index in [1.54, 1.807) is 14.2 Å². The van der Waals surface area contributed by atoms with E-state index in [9.17, 15) is 4.79 Å². The summed E-state index contributed by atoms with van der Waals surface area (Å²) in [6.45, 7) is 1.87. The number of nitrogens with zero attached hydrogens (tertiary/aromatic N) is 4. The number of nitrogens with one attached hydrogen (secondary N) is 2. The van der Waals surface area contributed by atoms with Crippen LogP contribution in [0.1, 0.15) is 18.5 Å². The van der Waals surface area contributed by atoms with Gasteiger partial charge in [0.15, 0.2) is 0 Å². The molecular formula is C12H16N6O2. The molecule has 0 saturated carbocycles. The summed E-state index contributed by atoms with van der Waals surface area (Å²) in [6, 6.07) is 6.92. The van der Waals surface area contributed by atoms with Gasteiger partial charge in [0.05, 0.1) is 20.2 Å². The zero-order valence-corrected chi connectivity index (χ0v) is 11.5. The number of carbonyl (C=O) groups is 1. The monoisotopic (exact) mass is 276 g/mol. The summed E-state index contributed by atoms with van der Waals surface area (Å²) >= 11 is 0. The van der Waals surface area contributed by atoms with Crippen molar-refractivity contribution in [1.29, 1.82) is 0 Å². The van der Waals surface area contributed by atoms with E-state index in [4.69, 9.17) is 4.74 Å². The van der Waals surface area contributed by atoms with Crippen LogP contribution in [0.15, 0.2) is 24.3 Å². The Morgan fingerprint density at radius 3 is 2.90 bits per heavy atom. The lowest BCUT2D eigenvalue weighted by Gasteiger charge is -2.14. The Morgan fingerprint density at radius 1 is 1.45 bits per heavy atom. The number of aromatic nitrogens is 4. The summed E-state index contributed by atoms with van der Waals surface area (Å²) in [6.07, 6.45) is 0. The molecule has 0 fully saturated rings. The van der Waals surface area contributed by atoms with Crippen LogP contribution in [-0.4, -0.2) is 33.3 Å². The van der Waals surface area contributed by atoms with Crippen LogP contribution in [0.3, 0.4) is 0 Å². The fourth-order valence-corrected chi connectivity index (χ4v) is 1.66. The Hall–Kier alpha value is -2.64. The summed E-state index contributed by atoms with van der Waals surface area (Å²) < 4.78 is 5.15. The maximum Gasteiger partial charge on any atom is 0.322 e. The number of amides is 2. The molecule has 8 heteroatoms. The summed E-state index contributed by atoms with van der Waals surface area (Å²) in [7, 11) is 3.22. The first-order valence-corrected chi connectivity index (χ1v) is 6.04. The number of anilines is 1. The first-order chi connectivity index (χ1) is 9.58. The third kappa shape index (κ3) is 3.44. The van der Waals surface area contributed by atoms with Gasteiger partial charge < -0.3 is 10.1 Å². The molecule has 1 heterocycles. The summed E-state index contributed by atoms with van der Waals surface area (Å²) in [5, 5.41) is 16.4. The molecule has 20 heavy (non-hydrogen) atoms. The van der Waals surface area contributed by atoms with Gasteiger partial charge in [0, 0.05) is 0 Å². The number of hydrogen-bond acceptors (Lipinski definition) is 5. The van der Waals surface area contributed by atoms with Gasteiger partial charge >= 0.3 is 6.03 Å². The number of ether oxygens (including phenoxy) is 1. The summed E-state index contributed by atoms with van der Waals surface area (Å²) in [5.74, 6) is 0.898. The number of aryl methyl sites for hydroxylation is 1. The predicted molar refractivity (Wildman–Crippen MR) is 72.4 cm³/mol. The zero-order valence-electron chi connectivity index (χ0n) is 11.5. The molecule has 0 saturated heterocycles.